The zero-order valence-electron chi connectivity index (χ0n) is 16.6. The Hall–Kier alpha value is -4.05. The van der Waals surface area contributed by atoms with E-state index in [9.17, 15) is 17.6 Å². The molecule has 0 aliphatic carbocycles. The SMILES string of the molecule is COc1cccc(F)c1-n1cc(-c2ccccc2S(=O)(=O)c2ccc(C(=O)O)cc2)nn1. The average molecular weight is 453 g/mol. The van der Waals surface area contributed by atoms with Crippen LogP contribution in [0.1, 0.15) is 10.4 Å². The molecule has 0 atom stereocenters. The minimum Gasteiger partial charge on any atom is -0.494 e. The maximum atomic E-state index is 14.4. The molecule has 0 aliphatic rings. The average Bonchev–Trinajstić information content (AvgIpc) is 3.28. The van der Waals surface area contributed by atoms with Crippen LogP contribution in [0.25, 0.3) is 16.9 Å². The number of aromatic nitrogens is 3. The van der Waals surface area contributed by atoms with Crippen molar-refractivity contribution in [1.82, 2.24) is 15.0 Å². The molecule has 4 rings (SSSR count). The number of ether oxygens (including phenoxy) is 1. The van der Waals surface area contributed by atoms with E-state index in [0.717, 1.165) is 0 Å². The Morgan fingerprint density at radius 1 is 1.03 bits per heavy atom. The molecule has 0 unspecified atom stereocenters. The number of carbonyl (C=O) groups is 1. The normalized spacial score (nSPS) is 11.3. The summed E-state index contributed by atoms with van der Waals surface area (Å²) in [5.41, 5.74) is 0.477. The zero-order chi connectivity index (χ0) is 22.9. The van der Waals surface area contributed by atoms with Gasteiger partial charge in [-0.05, 0) is 42.5 Å². The van der Waals surface area contributed by atoms with Gasteiger partial charge in [0.1, 0.15) is 17.1 Å². The zero-order valence-corrected chi connectivity index (χ0v) is 17.5. The lowest BCUT2D eigenvalue weighted by molar-refractivity contribution is 0.0696. The summed E-state index contributed by atoms with van der Waals surface area (Å²) < 4.78 is 47.3. The van der Waals surface area contributed by atoms with Crippen LogP contribution in [0, 0.1) is 5.82 Å². The van der Waals surface area contributed by atoms with Crippen molar-refractivity contribution in [3.05, 3.63) is 84.3 Å². The number of para-hydroxylation sites is 1. The lowest BCUT2D eigenvalue weighted by Gasteiger charge is -2.09. The number of methoxy groups -OCH3 is 1. The second-order valence-corrected chi connectivity index (χ2v) is 8.59. The largest absolute Gasteiger partial charge is 0.494 e. The van der Waals surface area contributed by atoms with E-state index in [4.69, 9.17) is 9.84 Å². The van der Waals surface area contributed by atoms with Crippen LogP contribution in [0.4, 0.5) is 4.39 Å². The van der Waals surface area contributed by atoms with Gasteiger partial charge in [0.15, 0.2) is 5.82 Å². The monoisotopic (exact) mass is 453 g/mol. The van der Waals surface area contributed by atoms with Crippen LogP contribution in [-0.4, -0.2) is 41.6 Å². The molecule has 0 radical (unpaired) electrons. The second-order valence-electron chi connectivity index (χ2n) is 6.67. The topological polar surface area (TPSA) is 111 Å². The van der Waals surface area contributed by atoms with Crippen LogP contribution >= 0.6 is 0 Å². The summed E-state index contributed by atoms with van der Waals surface area (Å²) in [5, 5.41) is 17.0. The molecule has 0 aliphatic heterocycles. The van der Waals surface area contributed by atoms with Crippen LogP contribution in [-0.2, 0) is 9.84 Å². The number of nitrogens with zero attached hydrogens (tertiary/aromatic N) is 3. The number of sulfone groups is 1. The Bertz CT molecular complexity index is 1420. The smallest absolute Gasteiger partial charge is 0.335 e. The molecule has 3 aromatic carbocycles. The Morgan fingerprint density at radius 2 is 1.75 bits per heavy atom. The lowest BCUT2D eigenvalue weighted by Crippen LogP contribution is -2.05. The number of hydrogen-bond donors (Lipinski definition) is 1. The third kappa shape index (κ3) is 3.71. The van der Waals surface area contributed by atoms with Crippen molar-refractivity contribution < 1.29 is 27.4 Å². The number of aromatic carboxylic acids is 1. The molecule has 1 N–H and O–H groups in total. The van der Waals surface area contributed by atoms with Gasteiger partial charge in [-0.2, -0.15) is 0 Å². The second kappa shape index (κ2) is 8.23. The van der Waals surface area contributed by atoms with Crippen molar-refractivity contribution >= 4 is 15.8 Å². The molecule has 8 nitrogen and oxygen atoms in total. The van der Waals surface area contributed by atoms with Crippen molar-refractivity contribution in [1.29, 1.82) is 0 Å². The molecule has 1 heterocycles. The fourth-order valence-corrected chi connectivity index (χ4v) is 4.66. The number of carboxylic acid groups (broad SMARTS) is 1. The molecule has 4 aromatic rings. The molecule has 0 saturated heterocycles. The Morgan fingerprint density at radius 3 is 2.44 bits per heavy atom. The molecule has 10 heteroatoms. The number of halogens is 1. The van der Waals surface area contributed by atoms with E-state index in [1.54, 1.807) is 24.3 Å². The summed E-state index contributed by atoms with van der Waals surface area (Å²) in [6, 6.07) is 15.4. The predicted molar refractivity (Wildman–Crippen MR) is 112 cm³/mol. The highest BCUT2D eigenvalue weighted by atomic mass is 32.2. The van der Waals surface area contributed by atoms with Gasteiger partial charge < -0.3 is 9.84 Å². The van der Waals surface area contributed by atoms with E-state index in [0.29, 0.717) is 0 Å². The maximum Gasteiger partial charge on any atom is 0.335 e. The quantitative estimate of drug-likeness (QED) is 0.475. The van der Waals surface area contributed by atoms with Gasteiger partial charge in [0.2, 0.25) is 9.84 Å². The highest BCUT2D eigenvalue weighted by Gasteiger charge is 2.24. The van der Waals surface area contributed by atoms with Gasteiger partial charge in [0, 0.05) is 5.56 Å². The van der Waals surface area contributed by atoms with E-state index >= 15 is 0 Å². The van der Waals surface area contributed by atoms with Gasteiger partial charge in [-0.3, -0.25) is 0 Å². The highest BCUT2D eigenvalue weighted by Crippen LogP contribution is 2.32. The first kappa shape index (κ1) is 21.2. The fraction of sp³-hybridized carbons (Fsp3) is 0.0455. The summed E-state index contributed by atoms with van der Waals surface area (Å²) in [5.74, 6) is -1.50. The first-order valence-electron chi connectivity index (χ1n) is 9.26. The summed E-state index contributed by atoms with van der Waals surface area (Å²) in [6.45, 7) is 0. The first-order chi connectivity index (χ1) is 15.3. The molecule has 0 fully saturated rings. The summed E-state index contributed by atoms with van der Waals surface area (Å²) >= 11 is 0. The number of benzene rings is 3. The highest BCUT2D eigenvalue weighted by molar-refractivity contribution is 7.91. The molecule has 0 bridgehead atoms. The van der Waals surface area contributed by atoms with Gasteiger partial charge in [-0.25, -0.2) is 22.3 Å². The molecule has 0 spiro atoms. The third-order valence-corrected chi connectivity index (χ3v) is 6.58. The summed E-state index contributed by atoms with van der Waals surface area (Å²) in [6.07, 6.45) is 1.41. The number of hydrogen-bond acceptors (Lipinski definition) is 6. The first-order valence-corrected chi connectivity index (χ1v) is 10.7. The Kier molecular flexibility index (Phi) is 5.45. The van der Waals surface area contributed by atoms with Gasteiger partial charge in [0.05, 0.1) is 28.7 Å². The van der Waals surface area contributed by atoms with Crippen LogP contribution in [0.2, 0.25) is 0 Å². The van der Waals surface area contributed by atoms with Gasteiger partial charge in [-0.1, -0.05) is 29.5 Å². The molecular formula is C22H16FN3O5S. The van der Waals surface area contributed by atoms with Crippen molar-refractivity contribution in [3.8, 4) is 22.7 Å². The molecule has 0 saturated carbocycles. The maximum absolute atomic E-state index is 14.4. The Balaban J connectivity index is 1.80. The molecular weight excluding hydrogens is 437 g/mol. The van der Waals surface area contributed by atoms with E-state index in [1.807, 2.05) is 0 Å². The van der Waals surface area contributed by atoms with Crippen molar-refractivity contribution in [2.75, 3.05) is 7.11 Å². The van der Waals surface area contributed by atoms with Gasteiger partial charge >= 0.3 is 5.97 Å². The van der Waals surface area contributed by atoms with E-state index < -0.39 is 21.6 Å². The van der Waals surface area contributed by atoms with E-state index in [-0.39, 0.29) is 38.0 Å². The number of rotatable bonds is 6. The third-order valence-electron chi connectivity index (χ3n) is 4.76. The van der Waals surface area contributed by atoms with Crippen molar-refractivity contribution in [3.63, 3.8) is 0 Å². The van der Waals surface area contributed by atoms with E-state index in [2.05, 4.69) is 10.3 Å². The van der Waals surface area contributed by atoms with Gasteiger partial charge in [-0.15, -0.1) is 5.10 Å². The van der Waals surface area contributed by atoms with Crippen LogP contribution in [0.15, 0.2) is 82.7 Å². The van der Waals surface area contributed by atoms with Crippen molar-refractivity contribution in [2.45, 2.75) is 9.79 Å². The minimum absolute atomic E-state index is 0.0287. The van der Waals surface area contributed by atoms with Crippen LogP contribution in [0.3, 0.4) is 0 Å². The molecule has 32 heavy (non-hydrogen) atoms. The van der Waals surface area contributed by atoms with Crippen molar-refractivity contribution in [2.24, 2.45) is 0 Å². The van der Waals surface area contributed by atoms with E-state index in [1.165, 1.54) is 60.5 Å². The Labute approximate surface area is 182 Å². The standard InChI is InChI=1S/C22H16FN3O5S/c1-31-19-7-4-6-17(23)21(19)26-13-18(24-25-26)16-5-2-3-8-20(16)32(29,30)15-11-9-14(10-12-15)22(27)28/h2-13H,1H3,(H,27,28). The lowest BCUT2D eigenvalue weighted by atomic mass is 10.2. The van der Waals surface area contributed by atoms with Gasteiger partial charge in [0.25, 0.3) is 0 Å². The fourth-order valence-electron chi connectivity index (χ4n) is 3.20. The number of carboxylic acids is 1. The summed E-state index contributed by atoms with van der Waals surface area (Å²) in [7, 11) is -2.61. The predicted octanol–water partition coefficient (Wildman–Crippen LogP) is 3.61. The minimum atomic E-state index is -4.01. The molecule has 1 aromatic heterocycles. The summed E-state index contributed by atoms with van der Waals surface area (Å²) in [4.78, 5) is 10.9. The van der Waals surface area contributed by atoms with Crippen LogP contribution in [0.5, 0.6) is 5.75 Å². The molecule has 0 amide bonds. The van der Waals surface area contributed by atoms with Crippen LogP contribution < -0.4 is 4.74 Å². The molecule has 162 valence electrons.